The first-order valence-corrected chi connectivity index (χ1v) is 5.37. The Hall–Kier alpha value is -0.410. The van der Waals surface area contributed by atoms with Gasteiger partial charge in [0.2, 0.25) is 0 Å². The minimum absolute atomic E-state index is 0.00472. The fourth-order valence-corrected chi connectivity index (χ4v) is 1.60. The van der Waals surface area contributed by atoms with Gasteiger partial charge in [0, 0.05) is 13.0 Å². The molecule has 3 heteroatoms. The van der Waals surface area contributed by atoms with Crippen LogP contribution >= 0.6 is 0 Å². The number of carbonyl (C=O) groups excluding carboxylic acids is 1. The molecule has 1 heterocycles. The van der Waals surface area contributed by atoms with E-state index in [0.717, 1.165) is 6.42 Å². The van der Waals surface area contributed by atoms with Crippen molar-refractivity contribution in [3.63, 3.8) is 0 Å². The Labute approximate surface area is 86.8 Å². The Morgan fingerprint density at radius 1 is 1.57 bits per heavy atom. The molecule has 1 fully saturated rings. The van der Waals surface area contributed by atoms with Gasteiger partial charge in [-0.3, -0.25) is 4.79 Å². The second-order valence-corrected chi connectivity index (χ2v) is 3.21. The molecule has 14 heavy (non-hydrogen) atoms. The van der Waals surface area contributed by atoms with Gasteiger partial charge in [-0.2, -0.15) is 0 Å². The zero-order valence-corrected chi connectivity index (χ0v) is 9.87. The summed E-state index contributed by atoms with van der Waals surface area (Å²) in [4.78, 5) is 11.1. The molecular weight excluding hydrogens is 180 g/mol. The number of carbonyl (C=O) groups is 1. The van der Waals surface area contributed by atoms with Crippen molar-refractivity contribution in [2.45, 2.75) is 46.3 Å². The number of ketones is 1. The van der Waals surface area contributed by atoms with Crippen molar-refractivity contribution in [1.29, 1.82) is 0 Å². The van der Waals surface area contributed by atoms with Crippen LogP contribution in [0.15, 0.2) is 0 Å². The van der Waals surface area contributed by atoms with E-state index in [2.05, 4.69) is 0 Å². The average Bonchev–Trinajstić information content (AvgIpc) is 2.55. The Morgan fingerprint density at radius 2 is 2.14 bits per heavy atom. The van der Waals surface area contributed by atoms with Crippen LogP contribution in [0.3, 0.4) is 0 Å². The third kappa shape index (κ3) is 3.07. The van der Waals surface area contributed by atoms with E-state index in [4.69, 9.17) is 9.47 Å². The second kappa shape index (κ2) is 6.96. The minimum Gasteiger partial charge on any atom is -0.379 e. The third-order valence-corrected chi connectivity index (χ3v) is 2.49. The van der Waals surface area contributed by atoms with Crippen LogP contribution in [0.1, 0.15) is 34.1 Å². The van der Waals surface area contributed by atoms with Gasteiger partial charge in [-0.15, -0.1) is 0 Å². The summed E-state index contributed by atoms with van der Waals surface area (Å²) in [6.07, 6.45) is 0.914. The van der Waals surface area contributed by atoms with Crippen molar-refractivity contribution in [1.82, 2.24) is 0 Å². The molecule has 0 spiro atoms. The van der Waals surface area contributed by atoms with Gasteiger partial charge < -0.3 is 9.47 Å². The lowest BCUT2D eigenvalue weighted by Crippen LogP contribution is -2.32. The molecule has 1 rings (SSSR count). The fraction of sp³-hybridized carbons (Fsp3) is 0.909. The lowest BCUT2D eigenvalue weighted by Gasteiger charge is -2.22. The van der Waals surface area contributed by atoms with Crippen molar-refractivity contribution in [3.8, 4) is 0 Å². The highest BCUT2D eigenvalue weighted by Gasteiger charge is 2.36. The van der Waals surface area contributed by atoms with Crippen LogP contribution in [0.5, 0.6) is 0 Å². The quantitative estimate of drug-likeness (QED) is 0.702. The topological polar surface area (TPSA) is 35.5 Å². The number of rotatable bonds is 3. The Balaban J connectivity index is 0.000000791. The van der Waals surface area contributed by atoms with E-state index >= 15 is 0 Å². The molecule has 0 aromatic carbocycles. The Bertz CT molecular complexity index is 164. The third-order valence-electron chi connectivity index (χ3n) is 2.49. The van der Waals surface area contributed by atoms with Crippen LogP contribution in [0.2, 0.25) is 0 Å². The summed E-state index contributed by atoms with van der Waals surface area (Å²) in [6, 6.07) is 0. The zero-order valence-electron chi connectivity index (χ0n) is 9.87. The summed E-state index contributed by atoms with van der Waals surface area (Å²) in [5.41, 5.74) is 0. The Kier molecular flexibility index (Phi) is 6.75. The summed E-state index contributed by atoms with van der Waals surface area (Å²) < 4.78 is 10.6. The van der Waals surface area contributed by atoms with Crippen LogP contribution in [-0.4, -0.2) is 31.7 Å². The SMILES string of the molecule is CC.CCC(OC)C1OCC(=O)C1C. The first-order valence-electron chi connectivity index (χ1n) is 5.37. The van der Waals surface area contributed by atoms with Crippen LogP contribution in [0, 0.1) is 5.92 Å². The smallest absolute Gasteiger partial charge is 0.163 e. The van der Waals surface area contributed by atoms with Gasteiger partial charge in [0.25, 0.3) is 0 Å². The molecule has 0 N–H and O–H groups in total. The van der Waals surface area contributed by atoms with E-state index in [9.17, 15) is 4.79 Å². The van der Waals surface area contributed by atoms with E-state index < -0.39 is 0 Å². The lowest BCUT2D eigenvalue weighted by atomic mass is 9.97. The zero-order chi connectivity index (χ0) is 11.1. The van der Waals surface area contributed by atoms with Crippen LogP contribution in [0.4, 0.5) is 0 Å². The van der Waals surface area contributed by atoms with Gasteiger partial charge in [-0.25, -0.2) is 0 Å². The largest absolute Gasteiger partial charge is 0.379 e. The molecule has 0 aliphatic carbocycles. The van der Waals surface area contributed by atoms with Gasteiger partial charge in [-0.1, -0.05) is 27.7 Å². The van der Waals surface area contributed by atoms with E-state index in [1.165, 1.54) is 0 Å². The molecule has 0 radical (unpaired) electrons. The van der Waals surface area contributed by atoms with Crippen LogP contribution < -0.4 is 0 Å². The summed E-state index contributed by atoms with van der Waals surface area (Å²) >= 11 is 0. The van der Waals surface area contributed by atoms with E-state index in [0.29, 0.717) is 0 Å². The van der Waals surface area contributed by atoms with Crippen LogP contribution in [0.25, 0.3) is 0 Å². The lowest BCUT2D eigenvalue weighted by molar-refractivity contribution is -0.120. The van der Waals surface area contributed by atoms with E-state index in [1.807, 2.05) is 27.7 Å². The molecule has 84 valence electrons. The molecule has 3 unspecified atom stereocenters. The summed E-state index contributed by atoms with van der Waals surface area (Å²) in [6.45, 7) is 8.19. The van der Waals surface area contributed by atoms with Gasteiger partial charge >= 0.3 is 0 Å². The monoisotopic (exact) mass is 202 g/mol. The molecule has 0 aromatic rings. The average molecular weight is 202 g/mol. The highest BCUT2D eigenvalue weighted by atomic mass is 16.5. The molecule has 0 bridgehead atoms. The van der Waals surface area contributed by atoms with Crippen molar-refractivity contribution in [3.05, 3.63) is 0 Å². The molecule has 1 aliphatic heterocycles. The number of hydrogen-bond donors (Lipinski definition) is 0. The molecular formula is C11H22O3. The summed E-state index contributed by atoms with van der Waals surface area (Å²) in [7, 11) is 1.66. The first kappa shape index (κ1) is 13.6. The van der Waals surface area contributed by atoms with Gasteiger partial charge in [-0.05, 0) is 6.42 Å². The van der Waals surface area contributed by atoms with Gasteiger partial charge in [0.15, 0.2) is 5.78 Å². The van der Waals surface area contributed by atoms with Crippen molar-refractivity contribution < 1.29 is 14.3 Å². The number of ether oxygens (including phenoxy) is 2. The minimum atomic E-state index is -0.0347. The van der Waals surface area contributed by atoms with Gasteiger partial charge in [0.1, 0.15) is 6.61 Å². The highest BCUT2D eigenvalue weighted by molar-refractivity contribution is 5.84. The maximum atomic E-state index is 11.1. The fourth-order valence-electron chi connectivity index (χ4n) is 1.60. The standard InChI is InChI=1S/C9H16O3.C2H6/c1-4-8(11-3)9-6(2)7(10)5-12-9;1-2/h6,8-9H,4-5H2,1-3H3;1-2H3. The first-order chi connectivity index (χ1) is 6.70. The van der Waals surface area contributed by atoms with Crippen molar-refractivity contribution >= 4 is 5.78 Å². The molecule has 0 saturated carbocycles. The predicted octanol–water partition coefficient (Wildman–Crippen LogP) is 2.04. The second-order valence-electron chi connectivity index (χ2n) is 3.21. The normalized spacial score (nSPS) is 28.2. The van der Waals surface area contributed by atoms with E-state index in [1.54, 1.807) is 7.11 Å². The van der Waals surface area contributed by atoms with Gasteiger partial charge in [0.05, 0.1) is 12.2 Å². The molecule has 3 atom stereocenters. The molecule has 0 aromatic heterocycles. The molecule has 3 nitrogen and oxygen atoms in total. The predicted molar refractivity (Wildman–Crippen MR) is 56.3 cm³/mol. The van der Waals surface area contributed by atoms with Crippen LogP contribution in [-0.2, 0) is 14.3 Å². The summed E-state index contributed by atoms with van der Waals surface area (Å²) in [5.74, 6) is 0.186. The summed E-state index contributed by atoms with van der Waals surface area (Å²) in [5, 5.41) is 0. The van der Waals surface area contributed by atoms with Crippen molar-refractivity contribution in [2.75, 3.05) is 13.7 Å². The number of methoxy groups -OCH3 is 1. The molecule has 1 saturated heterocycles. The maximum absolute atomic E-state index is 11.1. The highest BCUT2D eigenvalue weighted by Crippen LogP contribution is 2.23. The molecule has 1 aliphatic rings. The van der Waals surface area contributed by atoms with E-state index in [-0.39, 0.29) is 30.5 Å². The number of hydrogen-bond acceptors (Lipinski definition) is 3. The van der Waals surface area contributed by atoms with Crippen molar-refractivity contribution in [2.24, 2.45) is 5.92 Å². The number of Topliss-reactive ketones (excluding diaryl/α,β-unsaturated/α-hetero) is 1. The molecule has 0 amide bonds. The Morgan fingerprint density at radius 3 is 2.43 bits per heavy atom. The maximum Gasteiger partial charge on any atom is 0.163 e.